The number of benzene rings is 2. The summed E-state index contributed by atoms with van der Waals surface area (Å²) >= 11 is 0. The minimum atomic E-state index is 0. The predicted octanol–water partition coefficient (Wildman–Crippen LogP) is 2.78. The number of carbonyl (C=O) groups excluding carboxylic acids is 3. The third kappa shape index (κ3) is 12.5. The van der Waals surface area contributed by atoms with Gasteiger partial charge in [-0.3, -0.25) is 30.2 Å². The van der Waals surface area contributed by atoms with Gasteiger partial charge in [0, 0.05) is 45.6 Å². The molecule has 0 bridgehead atoms. The summed E-state index contributed by atoms with van der Waals surface area (Å²) in [6, 6.07) is 16.1. The van der Waals surface area contributed by atoms with E-state index in [9.17, 15) is 5.11 Å². The van der Waals surface area contributed by atoms with Gasteiger partial charge in [0.25, 0.3) is 0 Å². The van der Waals surface area contributed by atoms with Gasteiger partial charge in [0.05, 0.1) is 13.8 Å². The van der Waals surface area contributed by atoms with Crippen LogP contribution in [0.15, 0.2) is 48.5 Å². The number of hydrogen-bond acceptors (Lipinski definition) is 8. The van der Waals surface area contributed by atoms with E-state index in [1.54, 1.807) is 13.2 Å². The van der Waals surface area contributed by atoms with Crippen molar-refractivity contribution < 1.29 is 44.6 Å². The van der Waals surface area contributed by atoms with Gasteiger partial charge in [-0.05, 0) is 63.6 Å². The molecule has 8 nitrogen and oxygen atoms in total. The van der Waals surface area contributed by atoms with Crippen LogP contribution >= 0.6 is 0 Å². The first-order chi connectivity index (χ1) is 17.1. The molecule has 0 atom stereocenters. The molecule has 1 saturated heterocycles. The zero-order valence-corrected chi connectivity index (χ0v) is 24.1. The fourth-order valence-electron chi connectivity index (χ4n) is 4.10. The maximum Gasteiger partial charge on any atom is 0.122 e. The third-order valence-electron chi connectivity index (χ3n) is 5.82. The van der Waals surface area contributed by atoms with Crippen LogP contribution in [0.3, 0.4) is 0 Å². The number of piperidine rings is 1. The van der Waals surface area contributed by atoms with E-state index >= 15 is 0 Å². The second kappa shape index (κ2) is 21.8. The van der Waals surface area contributed by atoms with Crippen LogP contribution in [0.1, 0.15) is 29.9 Å². The molecule has 2 aromatic carbocycles. The van der Waals surface area contributed by atoms with E-state index < -0.39 is 0 Å². The number of ether oxygens (including phenoxy) is 1. The summed E-state index contributed by atoms with van der Waals surface area (Å²) in [6.07, 6.45) is 2.30. The summed E-state index contributed by atoms with van der Waals surface area (Å²) in [5.74, 6) is 1.96. The summed E-state index contributed by atoms with van der Waals surface area (Å²) in [6.45, 7) is 15.6. The third-order valence-corrected chi connectivity index (χ3v) is 5.82. The van der Waals surface area contributed by atoms with Crippen molar-refractivity contribution in [2.75, 3.05) is 54.1 Å². The Balaban J connectivity index is 0. The molecule has 36 heavy (non-hydrogen) atoms. The molecule has 0 saturated carbocycles. The number of aromatic hydroxyl groups is 1. The normalized spacial score (nSPS) is 13.1. The Morgan fingerprint density at radius 1 is 0.917 bits per heavy atom. The van der Waals surface area contributed by atoms with Gasteiger partial charge < -0.3 is 29.1 Å². The molecular weight excluding hydrogens is 633 g/mol. The van der Waals surface area contributed by atoms with E-state index in [-0.39, 0.29) is 20.4 Å². The predicted molar refractivity (Wildman–Crippen MR) is 139 cm³/mol. The molecule has 0 aromatic heterocycles. The molecule has 0 unspecified atom stereocenters. The molecule has 2 aromatic rings. The van der Waals surface area contributed by atoms with Crippen LogP contribution in [0.25, 0.3) is 0 Å². The van der Waals surface area contributed by atoms with Gasteiger partial charge in [0.15, 0.2) is 0 Å². The Hall–Kier alpha value is -2.41. The molecule has 201 valence electrons. The van der Waals surface area contributed by atoms with Crippen LogP contribution in [0.4, 0.5) is 0 Å². The summed E-state index contributed by atoms with van der Waals surface area (Å²) in [5.41, 5.74) is 2.34. The number of rotatable bonds is 9. The molecule has 0 amide bonds. The SMILES string of the molecule is COc1ccccc1C1CCN(CN(CCN(C)C)Cc2ccccc2O)CC1.[CH-]=O.[CH-]=O.[CH-]=O.[Re]. The van der Waals surface area contributed by atoms with Gasteiger partial charge in [-0.25, -0.2) is 0 Å². The second-order valence-electron chi connectivity index (χ2n) is 8.26. The molecule has 1 heterocycles. The van der Waals surface area contributed by atoms with Gasteiger partial charge in [-0.15, -0.1) is 0 Å². The summed E-state index contributed by atoms with van der Waals surface area (Å²) in [5, 5.41) is 10.2. The van der Waals surface area contributed by atoms with Crippen LogP contribution in [-0.2, 0) is 41.4 Å². The fraction of sp³-hybridized carbons (Fsp3) is 0.444. The first-order valence-electron chi connectivity index (χ1n) is 11.3. The monoisotopic (exact) mass is 671 g/mol. The maximum absolute atomic E-state index is 10.2. The van der Waals surface area contributed by atoms with E-state index in [1.165, 1.54) is 5.56 Å². The molecule has 0 aliphatic carbocycles. The summed E-state index contributed by atoms with van der Waals surface area (Å²) in [7, 11) is 5.98. The van der Waals surface area contributed by atoms with Gasteiger partial charge in [-0.2, -0.15) is 0 Å². The second-order valence-corrected chi connectivity index (χ2v) is 8.26. The van der Waals surface area contributed by atoms with E-state index in [0.29, 0.717) is 11.7 Å². The molecule has 1 N–H and O–H groups in total. The number of para-hydroxylation sites is 2. The first kappa shape index (κ1) is 35.8. The van der Waals surface area contributed by atoms with Crippen molar-refractivity contribution in [1.29, 1.82) is 0 Å². The summed E-state index contributed by atoms with van der Waals surface area (Å²) < 4.78 is 5.57. The largest absolute Gasteiger partial charge is 0.545 e. The topological polar surface area (TPSA) is 90.4 Å². The van der Waals surface area contributed by atoms with E-state index in [1.807, 2.05) is 24.3 Å². The van der Waals surface area contributed by atoms with Crippen molar-refractivity contribution in [3.63, 3.8) is 0 Å². The van der Waals surface area contributed by atoms with E-state index in [4.69, 9.17) is 19.1 Å². The molecular formula is C27H38N3O5Re-3. The van der Waals surface area contributed by atoms with Crippen molar-refractivity contribution in [2.24, 2.45) is 0 Å². The number of hydrogen-bond donors (Lipinski definition) is 1. The van der Waals surface area contributed by atoms with Crippen LogP contribution in [0.5, 0.6) is 11.5 Å². The number of nitrogens with zero attached hydrogens (tertiary/aromatic N) is 3. The summed E-state index contributed by atoms with van der Waals surface area (Å²) in [4.78, 5) is 30.5. The Morgan fingerprint density at radius 3 is 2.03 bits per heavy atom. The zero-order valence-electron chi connectivity index (χ0n) is 21.4. The number of methoxy groups -OCH3 is 1. The van der Waals surface area contributed by atoms with Crippen LogP contribution in [0.2, 0.25) is 0 Å². The van der Waals surface area contributed by atoms with Gasteiger partial charge >= 0.3 is 0 Å². The van der Waals surface area contributed by atoms with Crippen molar-refractivity contribution in [3.8, 4) is 11.5 Å². The molecule has 9 heteroatoms. The molecule has 0 spiro atoms. The molecule has 1 fully saturated rings. The van der Waals surface area contributed by atoms with Crippen molar-refractivity contribution >= 4 is 20.4 Å². The Bertz CT molecular complexity index is 815. The van der Waals surface area contributed by atoms with E-state index in [0.717, 1.165) is 63.5 Å². The zero-order chi connectivity index (χ0) is 26.6. The minimum absolute atomic E-state index is 0. The number of likely N-dealkylation sites (N-methyl/N-ethyl adjacent to an activating group) is 1. The Labute approximate surface area is 229 Å². The maximum atomic E-state index is 10.2. The molecule has 1 aliphatic rings. The smallest absolute Gasteiger partial charge is 0.122 e. The van der Waals surface area contributed by atoms with Crippen LogP contribution < -0.4 is 4.74 Å². The Kier molecular flexibility index (Phi) is 21.7. The molecule has 1 radical (unpaired) electrons. The minimum Gasteiger partial charge on any atom is -0.545 e. The number of phenolic OH excluding ortho intramolecular Hbond substituents is 1. The molecule has 1 aliphatic heterocycles. The quantitative estimate of drug-likeness (QED) is 0.322. The fourth-order valence-corrected chi connectivity index (χ4v) is 4.10. The van der Waals surface area contributed by atoms with Crippen molar-refractivity contribution in [3.05, 3.63) is 59.7 Å². The molecule has 3 rings (SSSR count). The standard InChI is InChI=1S/C24H35N3O2.3CHO.Re/c1-25(2)16-17-27(18-21-8-4-6-10-23(21)28)19-26-14-12-20(13-15-26)22-9-5-7-11-24(22)29-3;3*1-2;/h4-11,20,28H,12-19H2,1-3H3;3*1H;/q;3*-1;. The Morgan fingerprint density at radius 2 is 1.47 bits per heavy atom. The van der Waals surface area contributed by atoms with Gasteiger partial charge in [0.1, 0.15) is 11.5 Å². The van der Waals surface area contributed by atoms with Gasteiger partial charge in [-0.1, -0.05) is 36.4 Å². The average Bonchev–Trinajstić information content (AvgIpc) is 2.92. The number of likely N-dealkylation sites (tertiary alicyclic amines) is 1. The van der Waals surface area contributed by atoms with Crippen molar-refractivity contribution in [1.82, 2.24) is 14.7 Å². The van der Waals surface area contributed by atoms with Crippen LogP contribution in [0, 0.1) is 0 Å². The van der Waals surface area contributed by atoms with Crippen LogP contribution in [-0.4, -0.2) is 94.2 Å². The van der Waals surface area contributed by atoms with Gasteiger partial charge in [0.2, 0.25) is 0 Å². The number of phenols is 1. The van der Waals surface area contributed by atoms with Crippen molar-refractivity contribution in [2.45, 2.75) is 25.3 Å². The van der Waals surface area contributed by atoms with E-state index in [2.05, 4.69) is 67.4 Å². The average molecular weight is 671 g/mol. The first-order valence-corrected chi connectivity index (χ1v) is 11.3.